The molecule has 0 aliphatic carbocycles. The lowest BCUT2D eigenvalue weighted by molar-refractivity contribution is 0.290. The third-order valence-electron chi connectivity index (χ3n) is 3.19. The summed E-state index contributed by atoms with van der Waals surface area (Å²) in [6.45, 7) is 7.66. The fourth-order valence-electron chi connectivity index (χ4n) is 2.03. The maximum Gasteiger partial charge on any atom is 0.146 e. The molecule has 0 fully saturated rings. The number of nitrogens with zero attached hydrogens (tertiary/aromatic N) is 2. The molecular weight excluding hydrogens is 250 g/mol. The second-order valence-electron chi connectivity index (χ2n) is 4.74. The molecule has 0 spiro atoms. The Kier molecular flexibility index (Phi) is 5.62. The third kappa shape index (κ3) is 4.10. The van der Waals surface area contributed by atoms with Crippen LogP contribution in [-0.2, 0) is 19.7 Å². The highest BCUT2D eigenvalue weighted by Gasteiger charge is 2.02. The monoisotopic (exact) mass is 273 g/mol. The molecule has 0 bridgehead atoms. The SMILES string of the molecule is CCCNCc1ccc(OCc2nccn2CC)cc1. The molecular formula is C16H23N3O. The van der Waals surface area contributed by atoms with Crippen LogP contribution in [0.15, 0.2) is 36.7 Å². The minimum absolute atomic E-state index is 0.508. The number of aryl methyl sites for hydroxylation is 1. The van der Waals surface area contributed by atoms with Crippen molar-refractivity contribution in [3.63, 3.8) is 0 Å². The number of aromatic nitrogens is 2. The summed E-state index contributed by atoms with van der Waals surface area (Å²) in [4.78, 5) is 4.30. The van der Waals surface area contributed by atoms with Gasteiger partial charge < -0.3 is 14.6 Å². The van der Waals surface area contributed by atoms with Crippen LogP contribution in [-0.4, -0.2) is 16.1 Å². The van der Waals surface area contributed by atoms with Gasteiger partial charge in [0.25, 0.3) is 0 Å². The maximum absolute atomic E-state index is 5.77. The highest BCUT2D eigenvalue weighted by atomic mass is 16.5. The first-order valence-electron chi connectivity index (χ1n) is 7.26. The van der Waals surface area contributed by atoms with Crippen molar-refractivity contribution in [3.05, 3.63) is 48.0 Å². The number of hydrogen-bond acceptors (Lipinski definition) is 3. The molecule has 0 unspecified atom stereocenters. The van der Waals surface area contributed by atoms with E-state index in [-0.39, 0.29) is 0 Å². The molecule has 0 atom stereocenters. The van der Waals surface area contributed by atoms with Crippen LogP contribution in [0, 0.1) is 0 Å². The first-order chi connectivity index (χ1) is 9.83. The minimum atomic E-state index is 0.508. The topological polar surface area (TPSA) is 39.1 Å². The van der Waals surface area contributed by atoms with Gasteiger partial charge in [-0.3, -0.25) is 0 Å². The van der Waals surface area contributed by atoms with Crippen LogP contribution < -0.4 is 10.1 Å². The third-order valence-corrected chi connectivity index (χ3v) is 3.19. The van der Waals surface area contributed by atoms with Crippen molar-refractivity contribution in [2.75, 3.05) is 6.54 Å². The Bertz CT molecular complexity index is 505. The summed E-state index contributed by atoms with van der Waals surface area (Å²) in [7, 11) is 0. The Balaban J connectivity index is 1.84. The van der Waals surface area contributed by atoms with E-state index in [0.717, 1.165) is 37.6 Å². The molecule has 4 heteroatoms. The number of imidazole rings is 1. The van der Waals surface area contributed by atoms with Gasteiger partial charge in [0, 0.05) is 25.5 Å². The largest absolute Gasteiger partial charge is 0.486 e. The van der Waals surface area contributed by atoms with Crippen LogP contribution in [0.2, 0.25) is 0 Å². The van der Waals surface area contributed by atoms with E-state index in [9.17, 15) is 0 Å². The van der Waals surface area contributed by atoms with Gasteiger partial charge in [-0.05, 0) is 37.6 Å². The van der Waals surface area contributed by atoms with Crippen LogP contribution in [0.4, 0.5) is 0 Å². The summed E-state index contributed by atoms with van der Waals surface area (Å²) >= 11 is 0. The van der Waals surface area contributed by atoms with Crippen LogP contribution >= 0.6 is 0 Å². The fraction of sp³-hybridized carbons (Fsp3) is 0.438. The van der Waals surface area contributed by atoms with Crippen molar-refractivity contribution in [1.82, 2.24) is 14.9 Å². The van der Waals surface area contributed by atoms with E-state index in [1.807, 2.05) is 24.5 Å². The highest BCUT2D eigenvalue weighted by molar-refractivity contribution is 5.27. The van der Waals surface area contributed by atoms with E-state index in [1.54, 1.807) is 0 Å². The molecule has 2 rings (SSSR count). The molecule has 2 aromatic rings. The van der Waals surface area contributed by atoms with E-state index in [2.05, 4.69) is 40.8 Å². The van der Waals surface area contributed by atoms with Gasteiger partial charge in [-0.25, -0.2) is 4.98 Å². The van der Waals surface area contributed by atoms with E-state index >= 15 is 0 Å². The molecule has 1 heterocycles. The van der Waals surface area contributed by atoms with Crippen molar-refractivity contribution in [1.29, 1.82) is 0 Å². The maximum atomic E-state index is 5.77. The van der Waals surface area contributed by atoms with Crippen molar-refractivity contribution in [2.45, 2.75) is 40.0 Å². The molecule has 1 aromatic heterocycles. The van der Waals surface area contributed by atoms with Gasteiger partial charge in [0.15, 0.2) is 0 Å². The predicted octanol–water partition coefficient (Wildman–Crippen LogP) is 2.98. The normalized spacial score (nSPS) is 10.7. The molecule has 0 saturated heterocycles. The van der Waals surface area contributed by atoms with Crippen molar-refractivity contribution in [2.24, 2.45) is 0 Å². The van der Waals surface area contributed by atoms with Crippen molar-refractivity contribution in [3.8, 4) is 5.75 Å². The molecule has 0 aliphatic rings. The van der Waals surface area contributed by atoms with Gasteiger partial charge in [-0.15, -0.1) is 0 Å². The number of benzene rings is 1. The summed E-state index contributed by atoms with van der Waals surface area (Å²) in [5.41, 5.74) is 1.28. The quantitative estimate of drug-likeness (QED) is 0.752. The number of ether oxygens (including phenoxy) is 1. The minimum Gasteiger partial charge on any atom is -0.486 e. The highest BCUT2D eigenvalue weighted by Crippen LogP contribution is 2.14. The van der Waals surface area contributed by atoms with Gasteiger partial charge in [0.1, 0.15) is 18.2 Å². The summed E-state index contributed by atoms with van der Waals surface area (Å²) in [5.74, 6) is 1.84. The van der Waals surface area contributed by atoms with E-state index in [4.69, 9.17) is 4.74 Å². The summed E-state index contributed by atoms with van der Waals surface area (Å²) in [5, 5.41) is 3.39. The zero-order valence-corrected chi connectivity index (χ0v) is 12.3. The second-order valence-corrected chi connectivity index (χ2v) is 4.74. The zero-order chi connectivity index (χ0) is 14.2. The average Bonchev–Trinajstić information content (AvgIpc) is 2.94. The molecule has 108 valence electrons. The van der Waals surface area contributed by atoms with Gasteiger partial charge in [0.05, 0.1) is 0 Å². The Morgan fingerprint density at radius 1 is 1.20 bits per heavy atom. The Morgan fingerprint density at radius 2 is 2.00 bits per heavy atom. The van der Waals surface area contributed by atoms with E-state index in [0.29, 0.717) is 6.61 Å². The van der Waals surface area contributed by atoms with E-state index in [1.165, 1.54) is 5.56 Å². The van der Waals surface area contributed by atoms with Gasteiger partial charge in [0.2, 0.25) is 0 Å². The smallest absolute Gasteiger partial charge is 0.146 e. The average molecular weight is 273 g/mol. The molecule has 0 aliphatic heterocycles. The lowest BCUT2D eigenvalue weighted by Gasteiger charge is -2.09. The fourth-order valence-corrected chi connectivity index (χ4v) is 2.03. The Labute approximate surface area is 120 Å². The van der Waals surface area contributed by atoms with E-state index < -0.39 is 0 Å². The lowest BCUT2D eigenvalue weighted by atomic mass is 10.2. The second kappa shape index (κ2) is 7.70. The Morgan fingerprint density at radius 3 is 2.70 bits per heavy atom. The molecule has 0 saturated carbocycles. The molecule has 0 amide bonds. The van der Waals surface area contributed by atoms with Crippen LogP contribution in [0.1, 0.15) is 31.7 Å². The summed E-state index contributed by atoms with van der Waals surface area (Å²) in [6.07, 6.45) is 4.94. The zero-order valence-electron chi connectivity index (χ0n) is 12.3. The number of hydrogen-bond donors (Lipinski definition) is 1. The Hall–Kier alpha value is -1.81. The molecule has 1 aromatic carbocycles. The lowest BCUT2D eigenvalue weighted by Crippen LogP contribution is -2.13. The van der Waals surface area contributed by atoms with Crippen LogP contribution in [0.5, 0.6) is 5.75 Å². The summed E-state index contributed by atoms with van der Waals surface area (Å²) < 4.78 is 7.86. The standard InChI is InChI=1S/C16H23N3O/c1-3-9-17-12-14-5-7-15(8-6-14)20-13-16-18-10-11-19(16)4-2/h5-8,10-11,17H,3-4,9,12-13H2,1-2H3. The van der Waals surface area contributed by atoms with Crippen molar-refractivity contribution < 1.29 is 4.74 Å². The molecule has 1 N–H and O–H groups in total. The molecule has 0 radical (unpaired) electrons. The number of nitrogens with one attached hydrogen (secondary N) is 1. The van der Waals surface area contributed by atoms with Crippen molar-refractivity contribution >= 4 is 0 Å². The first kappa shape index (κ1) is 14.6. The number of rotatable bonds is 8. The molecule has 4 nitrogen and oxygen atoms in total. The van der Waals surface area contributed by atoms with Gasteiger partial charge in [-0.2, -0.15) is 0 Å². The van der Waals surface area contributed by atoms with Gasteiger partial charge in [-0.1, -0.05) is 19.1 Å². The van der Waals surface area contributed by atoms with Crippen LogP contribution in [0.3, 0.4) is 0 Å². The van der Waals surface area contributed by atoms with Gasteiger partial charge >= 0.3 is 0 Å². The van der Waals surface area contributed by atoms with Crippen LogP contribution in [0.25, 0.3) is 0 Å². The first-order valence-corrected chi connectivity index (χ1v) is 7.26. The predicted molar refractivity (Wildman–Crippen MR) is 80.7 cm³/mol. The summed E-state index contributed by atoms with van der Waals surface area (Å²) in [6, 6.07) is 8.24. The molecule has 20 heavy (non-hydrogen) atoms.